The number of fused-ring (bicyclic) bond motifs is 5. The molecule has 0 aromatic heterocycles. The molecular formula is C73H119N13O18. The molecule has 0 radical (unpaired) electrons. The van der Waals surface area contributed by atoms with Gasteiger partial charge in [0, 0.05) is 101 Å². The summed E-state index contributed by atoms with van der Waals surface area (Å²) in [7, 11) is 11.5. The molecule has 0 bridgehead atoms. The number of carbonyl (C=O) groups is 14. The zero-order valence-electron chi connectivity index (χ0n) is 66.2. The molecule has 12 amide bonds. The van der Waals surface area contributed by atoms with Crippen LogP contribution in [0.5, 0.6) is 0 Å². The van der Waals surface area contributed by atoms with E-state index in [4.69, 9.17) is 9.47 Å². The molecule has 3 heterocycles. The minimum atomic E-state index is -2.20. The van der Waals surface area contributed by atoms with E-state index < -0.39 is 221 Å². The molecule has 16 atom stereocenters. The molecule has 0 saturated carbocycles. The highest BCUT2D eigenvalue weighted by molar-refractivity contribution is 6.00. The van der Waals surface area contributed by atoms with Gasteiger partial charge in [0.25, 0.3) is 12.1 Å². The number of para-hydroxylation sites is 1. The Morgan fingerprint density at radius 2 is 0.952 bits per heavy atom. The van der Waals surface area contributed by atoms with Crippen LogP contribution in [0.25, 0.3) is 0 Å². The zero-order chi connectivity index (χ0) is 79.9. The second kappa shape index (κ2) is 35.5. The molecular weight excluding hydrogens is 1350 g/mol. The third kappa shape index (κ3) is 19.0. The molecule has 1 aromatic rings. The van der Waals surface area contributed by atoms with Crippen molar-refractivity contribution < 1.29 is 86.8 Å². The summed E-state index contributed by atoms with van der Waals surface area (Å²) in [5.41, 5.74) is -3.19. The van der Waals surface area contributed by atoms with Crippen LogP contribution in [0.4, 0.5) is 5.69 Å². The Kier molecular flexibility index (Phi) is 30.0. The molecule has 0 aliphatic carbocycles. The normalized spacial score (nSPS) is 28.1. The van der Waals surface area contributed by atoms with Crippen LogP contribution in [0.3, 0.4) is 0 Å². The average molecular weight is 1470 g/mol. The Morgan fingerprint density at radius 1 is 0.510 bits per heavy atom. The van der Waals surface area contributed by atoms with Crippen LogP contribution < -0.4 is 16.0 Å². The quantitative estimate of drug-likeness (QED) is 0.175. The molecule has 2 saturated heterocycles. The number of benzene rings is 1. The first-order chi connectivity index (χ1) is 47.9. The minimum absolute atomic E-state index is 0.290. The maximum Gasteiger partial charge on any atom is 0.304 e. The van der Waals surface area contributed by atoms with Gasteiger partial charge in [-0.05, 0) is 62.3 Å². The third-order valence-electron chi connectivity index (χ3n) is 21.0. The predicted octanol–water partition coefficient (Wildman–Crippen LogP) is 1.51. The second-order valence-electron chi connectivity index (χ2n) is 30.8. The molecule has 0 spiro atoms. The molecule has 31 heteroatoms. The number of anilines is 1. The van der Waals surface area contributed by atoms with Gasteiger partial charge in [-0.1, -0.05) is 121 Å². The number of ether oxygens (including phenoxy) is 2. The summed E-state index contributed by atoms with van der Waals surface area (Å²) in [6.45, 7) is 26.2. The highest BCUT2D eigenvalue weighted by atomic mass is 16.6. The van der Waals surface area contributed by atoms with Crippen molar-refractivity contribution in [1.82, 2.24) is 59.6 Å². The highest BCUT2D eigenvalue weighted by Gasteiger charge is 2.61. The summed E-state index contributed by atoms with van der Waals surface area (Å²) in [6, 6.07) is -6.47. The Balaban J connectivity index is 2.03. The summed E-state index contributed by atoms with van der Waals surface area (Å²) < 4.78 is 11.1. The fraction of sp³-hybridized carbons (Fsp3) is 0.726. The van der Waals surface area contributed by atoms with E-state index in [-0.39, 0.29) is 6.42 Å². The molecule has 1 aromatic carbocycles. The van der Waals surface area contributed by atoms with E-state index >= 15 is 43.2 Å². The largest absolute Gasteiger partial charge is 0.462 e. The molecule has 5 N–H and O–H groups in total. The standard InChI is InChI=1S/C73H119N13O18/c1-28-41(11)53-64(95)81(23)56(40(9)10)67(98)82(24)55(39(7)8)65(96)77(19)35-50(89)79(21)59(72(17,18)101)69(100)84(26)58(43(13)44(14)103-45(15)87)68(99)85(27)70(104-46(16)88)61(92)75-52(37(3)4)63(94)83(25)57(42(12)29-2)66(97)78(20)36-51(90)86-49(62(93)80(22)54(38(5)6)60(91)76-53)34-73(102)47-32-30-31-33-48(47)74-71(73)86/h30-33,37-44,49,52-59,70-71,74,101-102H,28-29,34-36H2,1-27H3,(H,75,92)(H,76,91). The van der Waals surface area contributed by atoms with E-state index in [1.54, 1.807) is 107 Å². The van der Waals surface area contributed by atoms with Crippen molar-refractivity contribution in [3.05, 3.63) is 29.8 Å². The Hall–Kier alpha value is -8.48. The van der Waals surface area contributed by atoms with Crippen molar-refractivity contribution in [3.8, 4) is 0 Å². The van der Waals surface area contributed by atoms with Gasteiger partial charge in [-0.15, -0.1) is 0 Å². The van der Waals surface area contributed by atoms with E-state index in [1.165, 1.54) is 93.9 Å². The maximum atomic E-state index is 15.5. The van der Waals surface area contributed by atoms with Gasteiger partial charge in [-0.2, -0.15) is 0 Å². The SMILES string of the molecule is CCC(C)C1NC(=O)C(C(C)C)N(C)C(=O)C2CC3(O)c4ccccc4NC3N2C(=O)CN(C)C(=O)C(C(C)CC)N(C)C(=O)C(C(C)C)NC(=O)C(OC(C)=O)N(C)C(=O)C(C(C)C(C)OC(C)=O)N(C)C(=O)C(C(C)(C)O)N(C)C(=O)CN(C)C(=O)C(C(C)C)N(C)C(=O)C(C(C)C)N(C)C1=O. The lowest BCUT2D eigenvalue weighted by atomic mass is 9.90. The first-order valence-electron chi connectivity index (χ1n) is 35.9. The number of nitrogens with one attached hydrogen (secondary N) is 3. The van der Waals surface area contributed by atoms with Gasteiger partial charge < -0.3 is 84.6 Å². The Bertz CT molecular complexity index is 3360. The topological polar surface area (TPSA) is 366 Å². The van der Waals surface area contributed by atoms with Crippen LogP contribution in [0.2, 0.25) is 0 Å². The maximum absolute atomic E-state index is 15.5. The molecule has 31 nitrogen and oxygen atoms in total. The number of rotatable bonds is 13. The van der Waals surface area contributed by atoms with Crippen LogP contribution in [0.15, 0.2) is 24.3 Å². The molecule has 16 unspecified atom stereocenters. The first-order valence-corrected chi connectivity index (χ1v) is 35.9. The number of carbonyl (C=O) groups excluding carboxylic acids is 14. The lowest BCUT2D eigenvalue weighted by molar-refractivity contribution is -0.175. The Morgan fingerprint density at radius 3 is 1.44 bits per heavy atom. The fourth-order valence-corrected chi connectivity index (χ4v) is 14.6. The van der Waals surface area contributed by atoms with Crippen molar-refractivity contribution in [1.29, 1.82) is 0 Å². The number of hydrogen-bond donors (Lipinski definition) is 5. The van der Waals surface area contributed by atoms with Crippen molar-refractivity contribution in [2.45, 2.75) is 228 Å². The number of amides is 12. The van der Waals surface area contributed by atoms with Crippen molar-refractivity contribution in [2.24, 2.45) is 41.4 Å². The lowest BCUT2D eigenvalue weighted by Gasteiger charge is -2.43. The Labute approximate surface area is 613 Å². The van der Waals surface area contributed by atoms with E-state index in [0.717, 1.165) is 55.2 Å². The summed E-state index contributed by atoms with van der Waals surface area (Å²) >= 11 is 0. The average Bonchev–Trinajstić information content (AvgIpc) is 1.55. The van der Waals surface area contributed by atoms with Crippen molar-refractivity contribution >= 4 is 88.5 Å². The number of likely N-dealkylation sites (N-methyl/N-ethyl adjacent to an activating group) is 9. The van der Waals surface area contributed by atoms with Gasteiger partial charge in [0.2, 0.25) is 65.0 Å². The van der Waals surface area contributed by atoms with Crippen LogP contribution in [0.1, 0.15) is 149 Å². The molecule has 4 rings (SSSR count). The molecule has 104 heavy (non-hydrogen) atoms. The minimum Gasteiger partial charge on any atom is -0.462 e. The molecule has 3 aliphatic rings. The summed E-state index contributed by atoms with van der Waals surface area (Å²) in [5, 5.41) is 33.4. The van der Waals surface area contributed by atoms with Crippen LogP contribution in [-0.2, 0) is 82.2 Å². The third-order valence-corrected chi connectivity index (χ3v) is 21.0. The number of nitrogens with zero attached hydrogens (tertiary/aromatic N) is 10. The lowest BCUT2D eigenvalue weighted by Crippen LogP contribution is -2.65. The van der Waals surface area contributed by atoms with E-state index in [0.29, 0.717) is 29.0 Å². The second-order valence-corrected chi connectivity index (χ2v) is 30.8. The van der Waals surface area contributed by atoms with E-state index in [9.17, 15) is 34.2 Å². The van der Waals surface area contributed by atoms with Gasteiger partial charge in [-0.3, -0.25) is 67.1 Å². The monoisotopic (exact) mass is 1470 g/mol. The summed E-state index contributed by atoms with van der Waals surface area (Å²) in [5.74, 6) is -17.4. The summed E-state index contributed by atoms with van der Waals surface area (Å²) in [6.07, 6.45) is -4.41. The molecule has 584 valence electrons. The first kappa shape index (κ1) is 87.9. The summed E-state index contributed by atoms with van der Waals surface area (Å²) in [4.78, 5) is 218. The predicted molar refractivity (Wildman–Crippen MR) is 385 cm³/mol. The van der Waals surface area contributed by atoms with Crippen molar-refractivity contribution in [3.63, 3.8) is 0 Å². The van der Waals surface area contributed by atoms with E-state index in [1.807, 2.05) is 0 Å². The van der Waals surface area contributed by atoms with Gasteiger partial charge in [0.15, 0.2) is 0 Å². The fourth-order valence-electron chi connectivity index (χ4n) is 14.6. The van der Waals surface area contributed by atoms with Gasteiger partial charge >= 0.3 is 11.9 Å². The van der Waals surface area contributed by atoms with Gasteiger partial charge in [-0.25, -0.2) is 0 Å². The zero-order valence-corrected chi connectivity index (χ0v) is 66.2. The van der Waals surface area contributed by atoms with Gasteiger partial charge in [0.05, 0.1) is 18.7 Å². The molecule has 3 aliphatic heterocycles. The van der Waals surface area contributed by atoms with E-state index in [2.05, 4.69) is 16.0 Å². The highest BCUT2D eigenvalue weighted by Crippen LogP contribution is 2.50. The number of esters is 2. The van der Waals surface area contributed by atoms with Crippen LogP contribution >= 0.6 is 0 Å². The van der Waals surface area contributed by atoms with Crippen LogP contribution in [0, 0.1) is 41.4 Å². The molecule has 2 fully saturated rings. The smallest absolute Gasteiger partial charge is 0.304 e. The van der Waals surface area contributed by atoms with Crippen molar-refractivity contribution in [2.75, 3.05) is 81.8 Å². The van der Waals surface area contributed by atoms with Gasteiger partial charge in [0.1, 0.15) is 72.2 Å². The number of hydrogen-bond acceptors (Lipinski definition) is 19. The number of aliphatic hydroxyl groups is 2. The van der Waals surface area contributed by atoms with Crippen LogP contribution in [-0.4, -0.2) is 297 Å².